The molecule has 0 aliphatic heterocycles. The topological polar surface area (TPSA) is 45.7 Å². The van der Waals surface area contributed by atoms with Gasteiger partial charge < -0.3 is 15.4 Å². The summed E-state index contributed by atoms with van der Waals surface area (Å²) in [6.45, 7) is 8.25. The van der Waals surface area contributed by atoms with Gasteiger partial charge in [-0.25, -0.2) is 0 Å². The quantitative estimate of drug-likeness (QED) is 0.424. The molecule has 0 spiro atoms. The molecule has 0 saturated carbocycles. The summed E-state index contributed by atoms with van der Waals surface area (Å²) in [7, 11) is 3.55. The maximum Gasteiger partial charge on any atom is 0.191 e. The van der Waals surface area contributed by atoms with E-state index in [2.05, 4.69) is 42.7 Å². The van der Waals surface area contributed by atoms with E-state index in [1.165, 1.54) is 5.75 Å². The van der Waals surface area contributed by atoms with Gasteiger partial charge >= 0.3 is 0 Å². The smallest absolute Gasteiger partial charge is 0.191 e. The Balaban J connectivity index is 3.99. The minimum Gasteiger partial charge on any atom is -0.379 e. The van der Waals surface area contributed by atoms with Gasteiger partial charge in [-0.15, -0.1) is 0 Å². The molecule has 0 aromatic carbocycles. The van der Waals surface area contributed by atoms with E-state index in [1.807, 2.05) is 11.8 Å². The van der Waals surface area contributed by atoms with Crippen LogP contribution in [0.15, 0.2) is 4.99 Å². The van der Waals surface area contributed by atoms with Crippen molar-refractivity contribution in [3.05, 3.63) is 0 Å². The first kappa shape index (κ1) is 17.6. The van der Waals surface area contributed by atoms with E-state index in [1.54, 1.807) is 14.2 Å². The minimum absolute atomic E-state index is 0.124. The van der Waals surface area contributed by atoms with Gasteiger partial charge in [0.05, 0.1) is 6.10 Å². The largest absolute Gasteiger partial charge is 0.379 e. The van der Waals surface area contributed by atoms with Crippen LogP contribution in [-0.4, -0.2) is 51.3 Å². The summed E-state index contributed by atoms with van der Waals surface area (Å²) < 4.78 is 5.50. The van der Waals surface area contributed by atoms with E-state index in [0.717, 1.165) is 25.5 Å². The van der Waals surface area contributed by atoms with Crippen LogP contribution in [-0.2, 0) is 4.74 Å². The van der Waals surface area contributed by atoms with Crippen LogP contribution < -0.4 is 10.6 Å². The van der Waals surface area contributed by atoms with E-state index in [0.29, 0.717) is 0 Å². The SMILES string of the molecule is CN=C(NCCCSC)NCC(OC)C(C)(C)C. The number of ether oxygens (including phenoxy) is 1. The Morgan fingerprint density at radius 1 is 1.33 bits per heavy atom. The first-order valence-electron chi connectivity index (χ1n) is 6.42. The summed E-state index contributed by atoms with van der Waals surface area (Å²) in [4.78, 5) is 4.21. The molecule has 0 aliphatic rings. The Morgan fingerprint density at radius 2 is 2.00 bits per heavy atom. The molecular formula is C13H29N3OS. The van der Waals surface area contributed by atoms with Crippen molar-refractivity contribution >= 4 is 17.7 Å². The van der Waals surface area contributed by atoms with Crippen LogP contribution in [0.3, 0.4) is 0 Å². The Labute approximate surface area is 116 Å². The fraction of sp³-hybridized carbons (Fsp3) is 0.923. The summed E-state index contributed by atoms with van der Waals surface area (Å²) >= 11 is 1.87. The maximum absolute atomic E-state index is 5.50. The number of aliphatic imine (C=N–C) groups is 1. The zero-order chi connectivity index (χ0) is 14.0. The average molecular weight is 275 g/mol. The Morgan fingerprint density at radius 3 is 2.44 bits per heavy atom. The number of thioether (sulfide) groups is 1. The van der Waals surface area contributed by atoms with Crippen molar-refractivity contribution in [2.75, 3.05) is 39.3 Å². The van der Waals surface area contributed by atoms with Crippen LogP contribution in [0.4, 0.5) is 0 Å². The fourth-order valence-electron chi connectivity index (χ4n) is 1.58. The van der Waals surface area contributed by atoms with Crippen LogP contribution >= 0.6 is 11.8 Å². The lowest BCUT2D eigenvalue weighted by Gasteiger charge is -2.30. The number of nitrogens with one attached hydrogen (secondary N) is 2. The summed E-state index contributed by atoms with van der Waals surface area (Å²) in [6.07, 6.45) is 3.44. The van der Waals surface area contributed by atoms with Crippen molar-refractivity contribution in [2.24, 2.45) is 10.4 Å². The molecule has 0 radical (unpaired) electrons. The predicted molar refractivity (Wildman–Crippen MR) is 82.6 cm³/mol. The molecule has 1 unspecified atom stereocenters. The van der Waals surface area contributed by atoms with Gasteiger partial charge in [0.2, 0.25) is 0 Å². The van der Waals surface area contributed by atoms with Crippen LogP contribution in [0, 0.1) is 5.41 Å². The van der Waals surface area contributed by atoms with Crippen LogP contribution in [0.1, 0.15) is 27.2 Å². The van der Waals surface area contributed by atoms with Crippen molar-refractivity contribution in [3.8, 4) is 0 Å². The van der Waals surface area contributed by atoms with Gasteiger partial charge in [-0.1, -0.05) is 20.8 Å². The van der Waals surface area contributed by atoms with E-state index in [-0.39, 0.29) is 11.5 Å². The van der Waals surface area contributed by atoms with Gasteiger partial charge in [-0.05, 0) is 23.8 Å². The first-order valence-corrected chi connectivity index (χ1v) is 7.81. The lowest BCUT2D eigenvalue weighted by atomic mass is 9.89. The molecule has 0 bridgehead atoms. The van der Waals surface area contributed by atoms with E-state index < -0.39 is 0 Å². The normalized spacial score (nSPS) is 14.4. The number of hydrogen-bond donors (Lipinski definition) is 2. The molecule has 5 heteroatoms. The second-order valence-corrected chi connectivity index (χ2v) is 6.30. The second-order valence-electron chi connectivity index (χ2n) is 5.32. The van der Waals surface area contributed by atoms with Crippen LogP contribution in [0.25, 0.3) is 0 Å². The van der Waals surface area contributed by atoms with Gasteiger partial charge in [-0.3, -0.25) is 4.99 Å². The van der Waals surface area contributed by atoms with Gasteiger partial charge in [0, 0.05) is 27.2 Å². The summed E-state index contributed by atoms with van der Waals surface area (Å²) in [5, 5.41) is 6.62. The summed E-state index contributed by atoms with van der Waals surface area (Å²) in [5.41, 5.74) is 0.124. The number of nitrogens with zero attached hydrogens (tertiary/aromatic N) is 1. The Hall–Kier alpha value is -0.420. The van der Waals surface area contributed by atoms with Crippen LogP contribution in [0.5, 0.6) is 0 Å². The van der Waals surface area contributed by atoms with Crippen molar-refractivity contribution < 1.29 is 4.74 Å². The third kappa shape index (κ3) is 7.82. The Kier molecular flexibility index (Phi) is 9.28. The third-order valence-electron chi connectivity index (χ3n) is 2.75. The monoisotopic (exact) mass is 275 g/mol. The molecule has 108 valence electrons. The van der Waals surface area contributed by atoms with Gasteiger partial charge in [-0.2, -0.15) is 11.8 Å². The molecule has 0 amide bonds. The van der Waals surface area contributed by atoms with Gasteiger partial charge in [0.15, 0.2) is 5.96 Å². The van der Waals surface area contributed by atoms with Crippen LogP contribution in [0.2, 0.25) is 0 Å². The molecule has 18 heavy (non-hydrogen) atoms. The van der Waals surface area contributed by atoms with Gasteiger partial charge in [0.1, 0.15) is 0 Å². The third-order valence-corrected chi connectivity index (χ3v) is 3.44. The molecule has 4 nitrogen and oxygen atoms in total. The van der Waals surface area contributed by atoms with Crippen molar-refractivity contribution in [3.63, 3.8) is 0 Å². The molecule has 0 saturated heterocycles. The molecule has 0 aliphatic carbocycles. The van der Waals surface area contributed by atoms with Crippen molar-refractivity contribution in [2.45, 2.75) is 33.3 Å². The number of guanidine groups is 1. The first-order chi connectivity index (χ1) is 8.45. The standard InChI is InChI=1S/C13H29N3OS/c1-13(2,3)11(17-5)10-16-12(14-4)15-8-7-9-18-6/h11H,7-10H2,1-6H3,(H2,14,15,16). The molecule has 0 rings (SSSR count). The lowest BCUT2D eigenvalue weighted by Crippen LogP contribution is -2.45. The highest BCUT2D eigenvalue weighted by molar-refractivity contribution is 7.98. The van der Waals surface area contributed by atoms with Crippen molar-refractivity contribution in [1.82, 2.24) is 10.6 Å². The molecule has 0 aromatic rings. The fourth-order valence-corrected chi connectivity index (χ4v) is 2.01. The predicted octanol–water partition coefficient (Wildman–Crippen LogP) is 1.97. The van der Waals surface area contributed by atoms with E-state index in [9.17, 15) is 0 Å². The molecule has 1 atom stereocenters. The molecule has 0 aromatic heterocycles. The maximum atomic E-state index is 5.50. The van der Waals surface area contributed by atoms with Crippen molar-refractivity contribution in [1.29, 1.82) is 0 Å². The highest BCUT2D eigenvalue weighted by atomic mass is 32.2. The highest BCUT2D eigenvalue weighted by Gasteiger charge is 2.24. The Bertz CT molecular complexity index is 239. The van der Waals surface area contributed by atoms with E-state index in [4.69, 9.17) is 4.74 Å². The molecule has 2 N–H and O–H groups in total. The lowest BCUT2D eigenvalue weighted by molar-refractivity contribution is 0.0205. The number of hydrogen-bond acceptors (Lipinski definition) is 3. The molecular weight excluding hydrogens is 246 g/mol. The average Bonchev–Trinajstić information content (AvgIpc) is 2.31. The highest BCUT2D eigenvalue weighted by Crippen LogP contribution is 2.20. The zero-order valence-corrected chi connectivity index (χ0v) is 13.5. The number of methoxy groups -OCH3 is 1. The summed E-state index contributed by atoms with van der Waals surface area (Å²) in [5.74, 6) is 2.02. The molecule has 0 heterocycles. The second kappa shape index (κ2) is 9.50. The van der Waals surface area contributed by atoms with Gasteiger partial charge in [0.25, 0.3) is 0 Å². The molecule has 0 fully saturated rings. The zero-order valence-electron chi connectivity index (χ0n) is 12.7. The summed E-state index contributed by atoms with van der Waals surface area (Å²) in [6, 6.07) is 0. The van der Waals surface area contributed by atoms with E-state index >= 15 is 0 Å². The number of rotatable bonds is 7. The minimum atomic E-state index is 0.124.